The standard InChI is InChI=1S/C23H26N4O2/c1-17-15-22(28)26-23(25-17)19-7-8-21(24-16-19)27-12-9-20(10-13-27)29-14-11-18-5-3-2-4-6-18/h2-8,15-16,20H,9-14H2,1H3,(H,25,26,28). The Labute approximate surface area is 170 Å². The molecule has 1 aliphatic heterocycles. The first-order chi connectivity index (χ1) is 14.2. The number of H-pyrrole nitrogens is 1. The molecular weight excluding hydrogens is 364 g/mol. The molecule has 0 unspecified atom stereocenters. The molecule has 0 radical (unpaired) electrons. The molecule has 0 atom stereocenters. The summed E-state index contributed by atoms with van der Waals surface area (Å²) in [7, 11) is 0. The molecule has 2 aromatic heterocycles. The van der Waals surface area contributed by atoms with E-state index < -0.39 is 0 Å². The minimum Gasteiger partial charge on any atom is -0.378 e. The van der Waals surface area contributed by atoms with E-state index in [1.165, 1.54) is 11.6 Å². The molecule has 6 heteroatoms. The molecule has 0 spiro atoms. The number of aryl methyl sites for hydroxylation is 1. The number of rotatable bonds is 6. The van der Waals surface area contributed by atoms with Crippen LogP contribution in [-0.4, -0.2) is 40.8 Å². The molecule has 3 heterocycles. The number of nitrogens with zero attached hydrogens (tertiary/aromatic N) is 3. The summed E-state index contributed by atoms with van der Waals surface area (Å²) in [5.41, 5.74) is 2.68. The third kappa shape index (κ3) is 5.09. The minimum absolute atomic E-state index is 0.147. The van der Waals surface area contributed by atoms with E-state index in [9.17, 15) is 4.79 Å². The SMILES string of the molecule is Cc1cc(=O)[nH]c(-c2ccc(N3CCC(OCCc4ccccc4)CC3)nc2)n1. The van der Waals surface area contributed by atoms with Crippen LogP contribution in [0.4, 0.5) is 5.82 Å². The van der Waals surface area contributed by atoms with Gasteiger partial charge in [-0.05, 0) is 43.9 Å². The molecular formula is C23H26N4O2. The Hall–Kier alpha value is -2.99. The van der Waals surface area contributed by atoms with Gasteiger partial charge in [0.05, 0.1) is 12.7 Å². The zero-order chi connectivity index (χ0) is 20.1. The first-order valence-electron chi connectivity index (χ1n) is 10.1. The van der Waals surface area contributed by atoms with Gasteiger partial charge in [0.15, 0.2) is 0 Å². The minimum atomic E-state index is -0.147. The topological polar surface area (TPSA) is 71.1 Å². The highest BCUT2D eigenvalue weighted by Gasteiger charge is 2.20. The molecule has 4 rings (SSSR count). The molecule has 150 valence electrons. The number of piperidine rings is 1. The van der Waals surface area contributed by atoms with Crippen LogP contribution < -0.4 is 10.5 Å². The smallest absolute Gasteiger partial charge is 0.251 e. The van der Waals surface area contributed by atoms with E-state index in [0.29, 0.717) is 17.6 Å². The van der Waals surface area contributed by atoms with E-state index in [0.717, 1.165) is 50.3 Å². The second kappa shape index (κ2) is 9.01. The van der Waals surface area contributed by atoms with Crippen LogP contribution in [0.25, 0.3) is 11.4 Å². The van der Waals surface area contributed by atoms with Gasteiger partial charge >= 0.3 is 0 Å². The number of hydrogen-bond acceptors (Lipinski definition) is 5. The molecule has 0 saturated carbocycles. The van der Waals surface area contributed by atoms with Gasteiger partial charge in [-0.1, -0.05) is 30.3 Å². The maximum Gasteiger partial charge on any atom is 0.251 e. The van der Waals surface area contributed by atoms with E-state index in [-0.39, 0.29) is 5.56 Å². The molecule has 6 nitrogen and oxygen atoms in total. The van der Waals surface area contributed by atoms with Crippen molar-refractivity contribution in [2.45, 2.75) is 32.3 Å². The Kier molecular flexibility index (Phi) is 6.00. The van der Waals surface area contributed by atoms with E-state index >= 15 is 0 Å². The van der Waals surface area contributed by atoms with Crippen LogP contribution in [0, 0.1) is 6.92 Å². The highest BCUT2D eigenvalue weighted by molar-refractivity contribution is 5.56. The predicted molar refractivity (Wildman–Crippen MR) is 114 cm³/mol. The van der Waals surface area contributed by atoms with Gasteiger partial charge in [0.1, 0.15) is 11.6 Å². The van der Waals surface area contributed by atoms with Crippen LogP contribution in [0.3, 0.4) is 0 Å². The Balaban J connectivity index is 1.29. The summed E-state index contributed by atoms with van der Waals surface area (Å²) < 4.78 is 6.08. The molecule has 0 bridgehead atoms. The summed E-state index contributed by atoms with van der Waals surface area (Å²) >= 11 is 0. The van der Waals surface area contributed by atoms with E-state index in [4.69, 9.17) is 4.74 Å². The van der Waals surface area contributed by atoms with Crippen LogP contribution in [-0.2, 0) is 11.2 Å². The monoisotopic (exact) mass is 390 g/mol. The van der Waals surface area contributed by atoms with E-state index in [2.05, 4.69) is 44.1 Å². The average molecular weight is 390 g/mol. The van der Waals surface area contributed by atoms with Crippen molar-refractivity contribution in [2.75, 3.05) is 24.6 Å². The van der Waals surface area contributed by atoms with Crippen molar-refractivity contribution in [1.29, 1.82) is 0 Å². The second-order valence-corrected chi connectivity index (χ2v) is 7.43. The van der Waals surface area contributed by atoms with Gasteiger partial charge in [-0.2, -0.15) is 0 Å². The Morgan fingerprint density at radius 1 is 1.14 bits per heavy atom. The summed E-state index contributed by atoms with van der Waals surface area (Å²) in [4.78, 5) is 25.7. The molecule has 3 aromatic rings. The van der Waals surface area contributed by atoms with Gasteiger partial charge in [-0.25, -0.2) is 9.97 Å². The molecule has 1 saturated heterocycles. The summed E-state index contributed by atoms with van der Waals surface area (Å²) in [5.74, 6) is 1.51. The third-order valence-corrected chi connectivity index (χ3v) is 5.24. The van der Waals surface area contributed by atoms with Crippen molar-refractivity contribution in [2.24, 2.45) is 0 Å². The van der Waals surface area contributed by atoms with Gasteiger partial charge in [0.2, 0.25) is 0 Å². The molecule has 29 heavy (non-hydrogen) atoms. The highest BCUT2D eigenvalue weighted by atomic mass is 16.5. The number of benzene rings is 1. The first kappa shape index (κ1) is 19.3. The van der Waals surface area contributed by atoms with Crippen LogP contribution in [0.15, 0.2) is 59.5 Å². The number of nitrogens with one attached hydrogen (secondary N) is 1. The fourth-order valence-corrected chi connectivity index (χ4v) is 3.67. The summed E-state index contributed by atoms with van der Waals surface area (Å²) in [5, 5.41) is 0. The van der Waals surface area contributed by atoms with E-state index in [1.54, 1.807) is 6.20 Å². The van der Waals surface area contributed by atoms with Gasteiger partial charge in [-0.15, -0.1) is 0 Å². The number of hydrogen-bond donors (Lipinski definition) is 1. The van der Waals surface area contributed by atoms with Crippen molar-refractivity contribution < 1.29 is 4.74 Å². The van der Waals surface area contributed by atoms with Gasteiger partial charge in [0.25, 0.3) is 5.56 Å². The molecule has 0 amide bonds. The predicted octanol–water partition coefficient (Wildman–Crippen LogP) is 3.37. The lowest BCUT2D eigenvalue weighted by atomic mass is 10.1. The van der Waals surface area contributed by atoms with Gasteiger partial charge in [-0.3, -0.25) is 4.79 Å². The number of aromatic nitrogens is 3. The normalized spacial score (nSPS) is 14.9. The largest absolute Gasteiger partial charge is 0.378 e. The highest BCUT2D eigenvalue weighted by Crippen LogP contribution is 2.22. The number of aromatic amines is 1. The quantitative estimate of drug-likeness (QED) is 0.699. The average Bonchev–Trinajstić information content (AvgIpc) is 2.74. The first-order valence-corrected chi connectivity index (χ1v) is 10.1. The lowest BCUT2D eigenvalue weighted by Crippen LogP contribution is -2.37. The molecule has 1 fully saturated rings. The summed E-state index contributed by atoms with van der Waals surface area (Å²) in [6.07, 6.45) is 5.06. The van der Waals surface area contributed by atoms with Gasteiger partial charge < -0.3 is 14.6 Å². The van der Waals surface area contributed by atoms with Crippen molar-refractivity contribution in [1.82, 2.24) is 15.0 Å². The molecule has 0 aliphatic carbocycles. The second-order valence-electron chi connectivity index (χ2n) is 7.43. The fraction of sp³-hybridized carbons (Fsp3) is 0.348. The third-order valence-electron chi connectivity index (χ3n) is 5.24. The number of pyridine rings is 1. The number of anilines is 1. The summed E-state index contributed by atoms with van der Waals surface area (Å²) in [6.45, 7) is 4.44. The van der Waals surface area contributed by atoms with Gasteiger partial charge in [0, 0.05) is 36.6 Å². The molecule has 1 aromatic carbocycles. The zero-order valence-corrected chi connectivity index (χ0v) is 16.7. The van der Waals surface area contributed by atoms with Crippen molar-refractivity contribution in [3.05, 3.63) is 76.3 Å². The van der Waals surface area contributed by atoms with Crippen molar-refractivity contribution in [3.8, 4) is 11.4 Å². The maximum atomic E-state index is 11.6. The van der Waals surface area contributed by atoms with Crippen LogP contribution in [0.2, 0.25) is 0 Å². The lowest BCUT2D eigenvalue weighted by molar-refractivity contribution is 0.0390. The van der Waals surface area contributed by atoms with Crippen molar-refractivity contribution >= 4 is 5.82 Å². The van der Waals surface area contributed by atoms with E-state index in [1.807, 2.05) is 25.1 Å². The Morgan fingerprint density at radius 2 is 1.93 bits per heavy atom. The maximum absolute atomic E-state index is 11.6. The van der Waals surface area contributed by atoms with Crippen LogP contribution >= 0.6 is 0 Å². The molecule has 1 aliphatic rings. The zero-order valence-electron chi connectivity index (χ0n) is 16.7. The fourth-order valence-electron chi connectivity index (χ4n) is 3.67. The van der Waals surface area contributed by atoms with Crippen molar-refractivity contribution in [3.63, 3.8) is 0 Å². The van der Waals surface area contributed by atoms with Crippen LogP contribution in [0.1, 0.15) is 24.1 Å². The lowest BCUT2D eigenvalue weighted by Gasteiger charge is -2.32. The van der Waals surface area contributed by atoms with Crippen LogP contribution in [0.5, 0.6) is 0 Å². The number of ether oxygens (including phenoxy) is 1. The summed E-state index contributed by atoms with van der Waals surface area (Å²) in [6, 6.07) is 15.9. The Bertz CT molecular complexity index is 978. The molecule has 1 N–H and O–H groups in total. The Morgan fingerprint density at radius 3 is 2.62 bits per heavy atom.